The second kappa shape index (κ2) is 9.84. The van der Waals surface area contributed by atoms with E-state index in [0.29, 0.717) is 0 Å². The number of hydrogen-bond acceptors (Lipinski definition) is 3. The minimum Gasteiger partial charge on any atom is -0.494 e. The Balaban J connectivity index is 1.19. The standard InChI is InChI=1S/C28H29N3O/c1-3-8-22(9-4-1)12-7-19-32-25-15-13-24(14-16-25)28-26-21-31(18-17-27(26)29-30-28)20-23-10-5-2-6-11-23/h1-6,8-11,13-16H,7,12,17-21H2,(H,29,30). The maximum atomic E-state index is 5.96. The summed E-state index contributed by atoms with van der Waals surface area (Å²) >= 11 is 0. The Morgan fingerprint density at radius 2 is 1.56 bits per heavy atom. The molecule has 0 aliphatic carbocycles. The number of hydrogen-bond donors (Lipinski definition) is 1. The van der Waals surface area contributed by atoms with E-state index in [2.05, 4.69) is 100 Å². The molecule has 0 saturated carbocycles. The summed E-state index contributed by atoms with van der Waals surface area (Å²) in [4.78, 5) is 2.50. The first kappa shape index (κ1) is 20.5. The molecule has 1 N–H and O–H groups in total. The van der Waals surface area contributed by atoms with Gasteiger partial charge in [-0.05, 0) is 48.2 Å². The first-order valence-electron chi connectivity index (χ1n) is 11.4. The van der Waals surface area contributed by atoms with Crippen molar-refractivity contribution >= 4 is 0 Å². The molecule has 0 bridgehead atoms. The van der Waals surface area contributed by atoms with Crippen LogP contribution in [0.3, 0.4) is 0 Å². The molecule has 3 aromatic carbocycles. The van der Waals surface area contributed by atoms with Crippen molar-refractivity contribution in [2.45, 2.75) is 32.4 Å². The van der Waals surface area contributed by atoms with E-state index in [1.807, 2.05) is 0 Å². The largest absolute Gasteiger partial charge is 0.494 e. The number of aromatic amines is 1. The minimum atomic E-state index is 0.723. The number of nitrogens with zero attached hydrogens (tertiary/aromatic N) is 2. The summed E-state index contributed by atoms with van der Waals surface area (Å²) in [5.74, 6) is 0.914. The third-order valence-corrected chi connectivity index (χ3v) is 6.11. The SMILES string of the molecule is c1ccc(CCCOc2ccc(-c3n[nH]c4c3CN(Cc3ccccc3)CC4)cc2)cc1. The monoisotopic (exact) mass is 423 g/mol. The van der Waals surface area contributed by atoms with Gasteiger partial charge in [-0.15, -0.1) is 0 Å². The molecule has 2 heterocycles. The van der Waals surface area contributed by atoms with E-state index in [1.54, 1.807) is 0 Å². The van der Waals surface area contributed by atoms with Gasteiger partial charge in [-0.25, -0.2) is 0 Å². The van der Waals surface area contributed by atoms with Crippen molar-refractivity contribution in [3.63, 3.8) is 0 Å². The first-order chi connectivity index (χ1) is 15.8. The minimum absolute atomic E-state index is 0.723. The van der Waals surface area contributed by atoms with Crippen molar-refractivity contribution in [1.82, 2.24) is 15.1 Å². The third kappa shape index (κ3) is 4.92. The molecule has 0 fully saturated rings. The van der Waals surface area contributed by atoms with Gasteiger partial charge in [-0.2, -0.15) is 5.10 Å². The van der Waals surface area contributed by atoms with E-state index in [0.717, 1.165) is 62.5 Å². The smallest absolute Gasteiger partial charge is 0.119 e. The van der Waals surface area contributed by atoms with Gasteiger partial charge < -0.3 is 4.74 Å². The van der Waals surface area contributed by atoms with E-state index >= 15 is 0 Å². The second-order valence-corrected chi connectivity index (χ2v) is 8.44. The maximum Gasteiger partial charge on any atom is 0.119 e. The quantitative estimate of drug-likeness (QED) is 0.373. The highest BCUT2D eigenvalue weighted by Gasteiger charge is 2.22. The van der Waals surface area contributed by atoms with Crippen LogP contribution in [-0.4, -0.2) is 28.2 Å². The molecule has 0 atom stereocenters. The molecule has 0 unspecified atom stereocenters. The Morgan fingerprint density at radius 1 is 0.844 bits per heavy atom. The number of rotatable bonds is 8. The molecular formula is C28H29N3O. The highest BCUT2D eigenvalue weighted by atomic mass is 16.5. The van der Waals surface area contributed by atoms with Gasteiger partial charge in [0.25, 0.3) is 0 Å². The lowest BCUT2D eigenvalue weighted by atomic mass is 10.0. The molecule has 4 heteroatoms. The molecule has 0 radical (unpaired) electrons. The molecule has 0 saturated heterocycles. The maximum absolute atomic E-state index is 5.96. The van der Waals surface area contributed by atoms with Gasteiger partial charge in [0.1, 0.15) is 5.75 Å². The van der Waals surface area contributed by atoms with Gasteiger partial charge in [-0.3, -0.25) is 10.00 Å². The second-order valence-electron chi connectivity index (χ2n) is 8.44. The van der Waals surface area contributed by atoms with Crippen LogP contribution in [0.5, 0.6) is 5.75 Å². The molecule has 1 aliphatic heterocycles. The van der Waals surface area contributed by atoms with E-state index in [1.165, 1.54) is 22.4 Å². The molecule has 4 nitrogen and oxygen atoms in total. The van der Waals surface area contributed by atoms with Crippen molar-refractivity contribution in [3.05, 3.63) is 107 Å². The van der Waals surface area contributed by atoms with Gasteiger partial charge in [-0.1, -0.05) is 60.7 Å². The van der Waals surface area contributed by atoms with Crippen LogP contribution in [0.1, 0.15) is 28.8 Å². The molecule has 0 amide bonds. The van der Waals surface area contributed by atoms with Crippen molar-refractivity contribution < 1.29 is 4.74 Å². The van der Waals surface area contributed by atoms with Crippen LogP contribution in [0.2, 0.25) is 0 Å². The summed E-state index contributed by atoms with van der Waals surface area (Å²) < 4.78 is 5.96. The fourth-order valence-electron chi connectivity index (χ4n) is 4.39. The zero-order valence-corrected chi connectivity index (χ0v) is 18.3. The van der Waals surface area contributed by atoms with Crippen LogP contribution in [0, 0.1) is 0 Å². The van der Waals surface area contributed by atoms with Gasteiger partial charge in [0.15, 0.2) is 0 Å². The molecule has 1 aliphatic rings. The summed E-state index contributed by atoms with van der Waals surface area (Å²) in [6.45, 7) is 3.67. The Labute approximate surface area is 189 Å². The van der Waals surface area contributed by atoms with Crippen LogP contribution >= 0.6 is 0 Å². The summed E-state index contributed by atoms with van der Waals surface area (Å²) in [6, 6.07) is 29.6. The summed E-state index contributed by atoms with van der Waals surface area (Å²) in [5.41, 5.74) is 7.51. The molecule has 32 heavy (non-hydrogen) atoms. The third-order valence-electron chi connectivity index (χ3n) is 6.11. The number of aromatic nitrogens is 2. The number of H-pyrrole nitrogens is 1. The van der Waals surface area contributed by atoms with Gasteiger partial charge in [0, 0.05) is 42.9 Å². The van der Waals surface area contributed by atoms with Crippen molar-refractivity contribution in [3.8, 4) is 17.0 Å². The molecule has 4 aromatic rings. The number of nitrogens with one attached hydrogen (secondary N) is 1. The summed E-state index contributed by atoms with van der Waals surface area (Å²) in [7, 11) is 0. The van der Waals surface area contributed by atoms with Crippen molar-refractivity contribution in [2.24, 2.45) is 0 Å². The Kier molecular flexibility index (Phi) is 6.31. The van der Waals surface area contributed by atoms with Crippen LogP contribution in [0.4, 0.5) is 0 Å². The van der Waals surface area contributed by atoms with Crippen LogP contribution in [-0.2, 0) is 25.9 Å². The molecule has 162 valence electrons. The Bertz CT molecular complexity index is 1120. The summed E-state index contributed by atoms with van der Waals surface area (Å²) in [6.07, 6.45) is 3.06. The molecule has 0 spiro atoms. The molecular weight excluding hydrogens is 394 g/mol. The number of aryl methyl sites for hydroxylation is 1. The lowest BCUT2D eigenvalue weighted by Gasteiger charge is -2.27. The van der Waals surface area contributed by atoms with E-state index in [-0.39, 0.29) is 0 Å². The molecule has 1 aromatic heterocycles. The number of ether oxygens (including phenoxy) is 1. The normalized spacial score (nSPS) is 13.6. The van der Waals surface area contributed by atoms with Gasteiger partial charge >= 0.3 is 0 Å². The Hall–Kier alpha value is -3.37. The van der Waals surface area contributed by atoms with Crippen molar-refractivity contribution in [1.29, 1.82) is 0 Å². The zero-order valence-electron chi connectivity index (χ0n) is 18.3. The first-order valence-corrected chi connectivity index (χ1v) is 11.4. The number of benzene rings is 3. The lowest BCUT2D eigenvalue weighted by Crippen LogP contribution is -2.29. The zero-order chi connectivity index (χ0) is 21.6. The Morgan fingerprint density at radius 3 is 2.31 bits per heavy atom. The molecule has 5 rings (SSSR count). The predicted molar refractivity (Wildman–Crippen MR) is 129 cm³/mol. The highest BCUT2D eigenvalue weighted by Crippen LogP contribution is 2.30. The number of fused-ring (bicyclic) bond motifs is 1. The fourth-order valence-corrected chi connectivity index (χ4v) is 4.39. The van der Waals surface area contributed by atoms with Crippen LogP contribution in [0.25, 0.3) is 11.3 Å². The van der Waals surface area contributed by atoms with Crippen LogP contribution in [0.15, 0.2) is 84.9 Å². The fraction of sp³-hybridized carbons (Fsp3) is 0.250. The highest BCUT2D eigenvalue weighted by molar-refractivity contribution is 5.65. The summed E-state index contributed by atoms with van der Waals surface area (Å²) in [5, 5.41) is 7.93. The van der Waals surface area contributed by atoms with Gasteiger partial charge in [0.05, 0.1) is 12.3 Å². The topological polar surface area (TPSA) is 41.1 Å². The lowest BCUT2D eigenvalue weighted by molar-refractivity contribution is 0.245. The predicted octanol–water partition coefficient (Wildman–Crippen LogP) is 5.65. The van der Waals surface area contributed by atoms with E-state index in [4.69, 9.17) is 4.74 Å². The van der Waals surface area contributed by atoms with E-state index in [9.17, 15) is 0 Å². The van der Waals surface area contributed by atoms with Gasteiger partial charge in [0.2, 0.25) is 0 Å². The average molecular weight is 424 g/mol. The van der Waals surface area contributed by atoms with Crippen molar-refractivity contribution in [2.75, 3.05) is 13.2 Å². The van der Waals surface area contributed by atoms with E-state index < -0.39 is 0 Å². The average Bonchev–Trinajstić information content (AvgIpc) is 3.27. The van der Waals surface area contributed by atoms with Crippen LogP contribution < -0.4 is 4.74 Å².